The fraction of sp³-hybridized carbons (Fsp3) is 0.500. The zero-order chi connectivity index (χ0) is 13.2. The van der Waals surface area contributed by atoms with Gasteiger partial charge in [0, 0.05) is 12.1 Å². The van der Waals surface area contributed by atoms with Crippen LogP contribution in [0.15, 0.2) is 29.3 Å². The Hall–Kier alpha value is -1.71. The first kappa shape index (κ1) is 12.7. The Labute approximate surface area is 108 Å². The highest BCUT2D eigenvalue weighted by atomic mass is 16.5. The molecule has 2 rings (SSSR count). The van der Waals surface area contributed by atoms with Crippen molar-refractivity contribution in [1.82, 2.24) is 4.90 Å². The van der Waals surface area contributed by atoms with Crippen molar-refractivity contribution >= 4 is 5.96 Å². The van der Waals surface area contributed by atoms with Crippen molar-refractivity contribution in [3.8, 4) is 5.75 Å². The third-order valence-electron chi connectivity index (χ3n) is 3.56. The minimum Gasteiger partial charge on any atom is -0.496 e. The van der Waals surface area contributed by atoms with Crippen LogP contribution in [-0.2, 0) is 5.54 Å². The summed E-state index contributed by atoms with van der Waals surface area (Å²) >= 11 is 0. The topological polar surface area (TPSA) is 50.8 Å². The standard InChI is InChI=1S/C14H21N3O/c1-4-9-17-13(15)16-10-14(17,2)11-7-5-6-8-12(11)18-3/h5-8H,4,9-10H2,1-3H3,(H2,15,16). The van der Waals surface area contributed by atoms with E-state index in [0.29, 0.717) is 12.5 Å². The molecule has 0 aliphatic carbocycles. The number of para-hydroxylation sites is 1. The number of nitrogens with two attached hydrogens (primary N) is 1. The highest BCUT2D eigenvalue weighted by Gasteiger charge is 2.40. The van der Waals surface area contributed by atoms with Gasteiger partial charge in [-0.05, 0) is 19.4 Å². The van der Waals surface area contributed by atoms with Crippen molar-refractivity contribution in [1.29, 1.82) is 0 Å². The van der Waals surface area contributed by atoms with E-state index in [1.54, 1.807) is 7.11 Å². The van der Waals surface area contributed by atoms with E-state index in [1.165, 1.54) is 0 Å². The monoisotopic (exact) mass is 247 g/mol. The Morgan fingerprint density at radius 1 is 1.44 bits per heavy atom. The van der Waals surface area contributed by atoms with Crippen LogP contribution < -0.4 is 10.5 Å². The lowest BCUT2D eigenvalue weighted by molar-refractivity contribution is 0.218. The number of methoxy groups -OCH3 is 1. The minimum absolute atomic E-state index is 0.202. The second-order valence-electron chi connectivity index (χ2n) is 4.80. The molecule has 1 atom stereocenters. The average molecular weight is 247 g/mol. The molecular formula is C14H21N3O. The number of hydrogen-bond donors (Lipinski definition) is 1. The number of hydrogen-bond acceptors (Lipinski definition) is 4. The summed E-state index contributed by atoms with van der Waals surface area (Å²) in [6.07, 6.45) is 1.04. The molecule has 18 heavy (non-hydrogen) atoms. The van der Waals surface area contributed by atoms with E-state index in [2.05, 4.69) is 29.8 Å². The molecule has 0 bridgehead atoms. The summed E-state index contributed by atoms with van der Waals surface area (Å²) < 4.78 is 5.47. The van der Waals surface area contributed by atoms with Crippen molar-refractivity contribution in [2.45, 2.75) is 25.8 Å². The van der Waals surface area contributed by atoms with Gasteiger partial charge in [-0.25, -0.2) is 0 Å². The molecule has 98 valence electrons. The van der Waals surface area contributed by atoms with Gasteiger partial charge in [0.15, 0.2) is 5.96 Å². The summed E-state index contributed by atoms with van der Waals surface area (Å²) in [5.41, 5.74) is 6.95. The van der Waals surface area contributed by atoms with E-state index >= 15 is 0 Å². The SMILES string of the molecule is CCCN1C(N)=NCC1(C)c1ccccc1OC. The number of rotatable bonds is 4. The van der Waals surface area contributed by atoms with Crippen LogP contribution in [0.5, 0.6) is 5.75 Å². The molecular weight excluding hydrogens is 226 g/mol. The molecule has 0 radical (unpaired) electrons. The molecule has 4 nitrogen and oxygen atoms in total. The van der Waals surface area contributed by atoms with E-state index in [-0.39, 0.29) is 5.54 Å². The lowest BCUT2D eigenvalue weighted by Crippen LogP contribution is -2.47. The maximum absolute atomic E-state index is 6.00. The van der Waals surface area contributed by atoms with Crippen molar-refractivity contribution in [3.05, 3.63) is 29.8 Å². The van der Waals surface area contributed by atoms with Crippen LogP contribution in [0, 0.1) is 0 Å². The van der Waals surface area contributed by atoms with Crippen LogP contribution in [0.1, 0.15) is 25.8 Å². The molecule has 0 saturated heterocycles. The zero-order valence-electron chi connectivity index (χ0n) is 11.3. The molecule has 0 aromatic heterocycles. The first-order valence-corrected chi connectivity index (χ1v) is 6.34. The van der Waals surface area contributed by atoms with Crippen LogP contribution in [0.4, 0.5) is 0 Å². The van der Waals surface area contributed by atoms with Crippen molar-refractivity contribution < 1.29 is 4.74 Å². The van der Waals surface area contributed by atoms with Gasteiger partial charge in [-0.2, -0.15) is 0 Å². The molecule has 1 heterocycles. The summed E-state index contributed by atoms with van der Waals surface area (Å²) in [6.45, 7) is 5.90. The molecule has 1 unspecified atom stereocenters. The molecule has 4 heteroatoms. The number of nitrogens with zero attached hydrogens (tertiary/aromatic N) is 2. The van der Waals surface area contributed by atoms with Gasteiger partial charge in [0.1, 0.15) is 5.75 Å². The Morgan fingerprint density at radius 3 is 2.83 bits per heavy atom. The normalized spacial score (nSPS) is 23.1. The lowest BCUT2D eigenvalue weighted by Gasteiger charge is -2.37. The molecule has 1 aliphatic rings. The Balaban J connectivity index is 2.42. The van der Waals surface area contributed by atoms with E-state index in [4.69, 9.17) is 10.5 Å². The van der Waals surface area contributed by atoms with Crippen LogP contribution in [0.2, 0.25) is 0 Å². The second-order valence-corrected chi connectivity index (χ2v) is 4.80. The number of aliphatic imine (C=N–C) groups is 1. The minimum atomic E-state index is -0.202. The largest absolute Gasteiger partial charge is 0.496 e. The Bertz CT molecular complexity index is 458. The van der Waals surface area contributed by atoms with Crippen LogP contribution in [0.25, 0.3) is 0 Å². The number of ether oxygens (including phenoxy) is 1. The zero-order valence-corrected chi connectivity index (χ0v) is 11.3. The van der Waals surface area contributed by atoms with Crippen molar-refractivity contribution in [2.75, 3.05) is 20.2 Å². The van der Waals surface area contributed by atoms with Gasteiger partial charge < -0.3 is 15.4 Å². The van der Waals surface area contributed by atoms with Gasteiger partial charge in [0.05, 0.1) is 19.2 Å². The fourth-order valence-corrected chi connectivity index (χ4v) is 2.56. The predicted octanol–water partition coefficient (Wildman–Crippen LogP) is 1.95. The summed E-state index contributed by atoms with van der Waals surface area (Å²) in [5, 5.41) is 0. The highest BCUT2D eigenvalue weighted by Crippen LogP contribution is 2.37. The van der Waals surface area contributed by atoms with E-state index in [9.17, 15) is 0 Å². The molecule has 0 spiro atoms. The predicted molar refractivity (Wildman–Crippen MR) is 73.8 cm³/mol. The van der Waals surface area contributed by atoms with E-state index in [1.807, 2.05) is 18.2 Å². The van der Waals surface area contributed by atoms with Crippen LogP contribution in [0.3, 0.4) is 0 Å². The van der Waals surface area contributed by atoms with Gasteiger partial charge in [-0.3, -0.25) is 4.99 Å². The number of benzene rings is 1. The average Bonchev–Trinajstić information content (AvgIpc) is 2.68. The smallest absolute Gasteiger partial charge is 0.192 e. The molecule has 1 aliphatic heterocycles. The first-order valence-electron chi connectivity index (χ1n) is 6.34. The second kappa shape index (κ2) is 4.88. The highest BCUT2D eigenvalue weighted by molar-refractivity contribution is 5.81. The lowest BCUT2D eigenvalue weighted by atomic mass is 9.90. The summed E-state index contributed by atoms with van der Waals surface area (Å²) in [7, 11) is 1.70. The quantitative estimate of drug-likeness (QED) is 0.884. The maximum Gasteiger partial charge on any atom is 0.192 e. The van der Waals surface area contributed by atoms with Gasteiger partial charge in [-0.1, -0.05) is 25.1 Å². The fourth-order valence-electron chi connectivity index (χ4n) is 2.56. The van der Waals surface area contributed by atoms with Gasteiger partial charge in [0.2, 0.25) is 0 Å². The molecule has 0 fully saturated rings. The summed E-state index contributed by atoms with van der Waals surface area (Å²) in [4.78, 5) is 6.58. The summed E-state index contributed by atoms with van der Waals surface area (Å²) in [5.74, 6) is 1.52. The Kier molecular flexibility index (Phi) is 3.45. The molecule has 2 N–H and O–H groups in total. The van der Waals surface area contributed by atoms with Crippen molar-refractivity contribution in [3.63, 3.8) is 0 Å². The van der Waals surface area contributed by atoms with E-state index < -0.39 is 0 Å². The van der Waals surface area contributed by atoms with Gasteiger partial charge in [-0.15, -0.1) is 0 Å². The van der Waals surface area contributed by atoms with Gasteiger partial charge in [0.25, 0.3) is 0 Å². The van der Waals surface area contributed by atoms with E-state index in [0.717, 1.165) is 24.3 Å². The molecule has 1 aromatic carbocycles. The molecule has 0 saturated carbocycles. The Morgan fingerprint density at radius 2 is 2.17 bits per heavy atom. The number of guanidine groups is 1. The van der Waals surface area contributed by atoms with Crippen molar-refractivity contribution in [2.24, 2.45) is 10.7 Å². The summed E-state index contributed by atoms with van der Waals surface area (Å²) in [6, 6.07) is 8.09. The first-order chi connectivity index (χ1) is 8.63. The van der Waals surface area contributed by atoms with Crippen LogP contribution >= 0.6 is 0 Å². The van der Waals surface area contributed by atoms with Gasteiger partial charge >= 0.3 is 0 Å². The molecule has 0 amide bonds. The molecule has 1 aromatic rings. The maximum atomic E-state index is 6.00. The van der Waals surface area contributed by atoms with Crippen LogP contribution in [-0.4, -0.2) is 31.1 Å². The third kappa shape index (κ3) is 1.92. The third-order valence-corrected chi connectivity index (χ3v) is 3.56.